The molecule has 0 bridgehead atoms. The summed E-state index contributed by atoms with van der Waals surface area (Å²) in [6, 6.07) is 8.36. The molecule has 15 nitrogen and oxygen atoms in total. The van der Waals surface area contributed by atoms with Gasteiger partial charge in [0.25, 0.3) is 5.67 Å². The average molecular weight is 884 g/mol. The monoisotopic (exact) mass is 884 g/mol. The molecule has 63 heavy (non-hydrogen) atoms. The highest BCUT2D eigenvalue weighted by atomic mass is 19.1. The topological polar surface area (TPSA) is 159 Å². The maximum atomic E-state index is 17.2. The molecule has 0 radical (unpaired) electrons. The lowest BCUT2D eigenvalue weighted by molar-refractivity contribution is -0.298. The average Bonchev–Trinajstić information content (AvgIpc) is 3.79. The van der Waals surface area contributed by atoms with E-state index in [4.69, 9.17) is 23.7 Å². The lowest BCUT2D eigenvalue weighted by atomic mass is 9.72. The van der Waals surface area contributed by atoms with Crippen LogP contribution in [0.1, 0.15) is 94.4 Å². The third kappa shape index (κ3) is 10.0. The Labute approximate surface area is 372 Å². The van der Waals surface area contributed by atoms with Gasteiger partial charge in [-0.25, -0.2) is 19.0 Å². The summed E-state index contributed by atoms with van der Waals surface area (Å²) >= 11 is 0. The standard InChI is InChI=1S/C47H70FN5O10/c1-14-36-47(9)39(53(44(58)51(47)12)23-19-18-22-52-26-34(49-27-52)33-20-16-15-17-21-33)30(4)37(55)28(2)25-45(7,59-13)41(31(5)40(56)46(8,48)43(57)62-36)63-42-38(61-32(6)54)35(50(10)11)24-29(3)60-42/h15-17,20-21,26-31,35-36,38-39,41-42H,14,18-19,22-25H2,1-13H3/t28-,29-,30+,31+,35+,36-,38-,39-,41-,42+,45+,46+,47-/m1/s1. The summed E-state index contributed by atoms with van der Waals surface area (Å²) in [7, 11) is 6.70. The minimum atomic E-state index is -3.18. The SMILES string of the molecule is CC[C@H]1OC(=O)[C@@](C)(F)C(=O)[C@H](C)[C@@H](O[C@@H]2O[C@H](C)C[C@H](N(C)C)[C@H]2OC(C)=O)[C@@](C)(OC)C[C@@H](C)C(=O)[C@H](C)[C@H]2N(CCCCn3cnc(-c4ccccc4)c3)C(=O)N(C)[C@]12C. The van der Waals surface area contributed by atoms with Crippen LogP contribution in [0.15, 0.2) is 42.9 Å². The number of hydrogen-bond acceptors (Lipinski definition) is 12. The molecule has 350 valence electrons. The molecule has 13 atom stereocenters. The van der Waals surface area contributed by atoms with E-state index in [1.165, 1.54) is 25.9 Å². The molecule has 3 fully saturated rings. The lowest BCUT2D eigenvalue weighted by Crippen LogP contribution is -2.63. The number of halogens is 1. The van der Waals surface area contributed by atoms with E-state index in [9.17, 15) is 24.0 Å². The van der Waals surface area contributed by atoms with Crippen molar-refractivity contribution in [2.75, 3.05) is 34.8 Å². The Morgan fingerprint density at radius 2 is 1.65 bits per heavy atom. The number of imidazole rings is 1. The number of carbonyl (C=O) groups is 5. The number of ether oxygens (including phenoxy) is 5. The molecular weight excluding hydrogens is 814 g/mol. The second-order valence-electron chi connectivity index (χ2n) is 18.8. The van der Waals surface area contributed by atoms with Crippen molar-refractivity contribution < 1.29 is 52.0 Å². The first-order valence-electron chi connectivity index (χ1n) is 22.3. The first kappa shape index (κ1) is 49.8. The van der Waals surface area contributed by atoms with Crippen LogP contribution in [0.25, 0.3) is 11.3 Å². The van der Waals surface area contributed by atoms with Crippen molar-refractivity contribution in [2.24, 2.45) is 17.8 Å². The van der Waals surface area contributed by atoms with Gasteiger partial charge in [0.2, 0.25) is 0 Å². The minimum absolute atomic E-state index is 0.000320. The zero-order valence-corrected chi connectivity index (χ0v) is 39.5. The van der Waals surface area contributed by atoms with Crippen LogP contribution in [0.4, 0.5) is 9.18 Å². The largest absolute Gasteiger partial charge is 0.457 e. The number of ketones is 2. The van der Waals surface area contributed by atoms with Gasteiger partial charge in [0.15, 0.2) is 18.2 Å². The van der Waals surface area contributed by atoms with Gasteiger partial charge in [-0.3, -0.25) is 14.4 Å². The highest BCUT2D eigenvalue weighted by Crippen LogP contribution is 2.44. The molecule has 3 aliphatic heterocycles. The first-order chi connectivity index (χ1) is 29.5. The van der Waals surface area contributed by atoms with Gasteiger partial charge in [-0.1, -0.05) is 58.0 Å². The number of aryl methyl sites for hydroxylation is 1. The molecule has 0 spiro atoms. The number of fused-ring (bicyclic) bond motifs is 1. The smallest absolute Gasteiger partial charge is 0.351 e. The molecule has 16 heteroatoms. The van der Waals surface area contributed by atoms with E-state index >= 15 is 4.39 Å². The molecule has 0 N–H and O–H groups in total. The highest BCUT2D eigenvalue weighted by Gasteiger charge is 2.62. The van der Waals surface area contributed by atoms with Crippen LogP contribution >= 0.6 is 0 Å². The summed E-state index contributed by atoms with van der Waals surface area (Å²) in [6.45, 7) is 15.1. The van der Waals surface area contributed by atoms with Crippen LogP contribution in [0, 0.1) is 17.8 Å². The Kier molecular flexibility index (Phi) is 15.7. The molecule has 2 amide bonds. The van der Waals surface area contributed by atoms with E-state index in [1.807, 2.05) is 67.0 Å². The van der Waals surface area contributed by atoms with Gasteiger partial charge in [-0.15, -0.1) is 0 Å². The third-order valence-corrected chi connectivity index (χ3v) is 14.0. The number of methoxy groups -OCH3 is 1. The number of carbonyl (C=O) groups excluding carboxylic acids is 5. The molecule has 0 aliphatic carbocycles. The number of urea groups is 1. The summed E-state index contributed by atoms with van der Waals surface area (Å²) < 4.78 is 50.1. The number of rotatable bonds is 12. The molecule has 2 aromatic rings. The summed E-state index contributed by atoms with van der Waals surface area (Å²) in [6.07, 6.45) is 0.688. The van der Waals surface area contributed by atoms with Gasteiger partial charge >= 0.3 is 18.0 Å². The second-order valence-corrected chi connectivity index (χ2v) is 18.8. The van der Waals surface area contributed by atoms with Gasteiger partial charge in [0.05, 0.1) is 47.5 Å². The van der Waals surface area contributed by atoms with Crippen molar-refractivity contribution in [3.8, 4) is 11.3 Å². The predicted octanol–water partition coefficient (Wildman–Crippen LogP) is 6.11. The Hall–Kier alpha value is -4.25. The molecule has 5 rings (SSSR count). The number of amides is 2. The quantitative estimate of drug-likeness (QED) is 0.137. The van der Waals surface area contributed by atoms with Gasteiger partial charge in [0.1, 0.15) is 11.9 Å². The van der Waals surface area contributed by atoms with Gasteiger partial charge in [-0.05, 0) is 73.9 Å². The molecule has 1 aromatic carbocycles. The minimum Gasteiger partial charge on any atom is -0.457 e. The van der Waals surface area contributed by atoms with E-state index in [-0.39, 0.29) is 36.8 Å². The van der Waals surface area contributed by atoms with Crippen molar-refractivity contribution >= 4 is 29.5 Å². The number of alkyl halides is 1. The van der Waals surface area contributed by atoms with Crippen molar-refractivity contribution in [2.45, 2.75) is 161 Å². The Morgan fingerprint density at radius 1 is 1.00 bits per heavy atom. The predicted molar refractivity (Wildman–Crippen MR) is 233 cm³/mol. The molecule has 3 saturated heterocycles. The van der Waals surface area contributed by atoms with E-state index in [0.29, 0.717) is 32.4 Å². The number of benzene rings is 1. The number of likely N-dealkylation sites (N-methyl/N-ethyl adjacent to an activating group) is 2. The van der Waals surface area contributed by atoms with Gasteiger partial charge in [-0.2, -0.15) is 0 Å². The summed E-state index contributed by atoms with van der Waals surface area (Å²) in [5, 5.41) is 0. The number of aromatic nitrogens is 2. The van der Waals surface area contributed by atoms with Crippen LogP contribution < -0.4 is 0 Å². The molecule has 3 aliphatic rings. The maximum Gasteiger partial charge on any atom is 0.351 e. The van der Waals surface area contributed by atoms with Crippen LogP contribution in [0.3, 0.4) is 0 Å². The number of nitrogens with zero attached hydrogens (tertiary/aromatic N) is 5. The normalized spacial score (nSPS) is 36.0. The highest BCUT2D eigenvalue weighted by molar-refractivity contribution is 6.08. The van der Waals surface area contributed by atoms with Crippen molar-refractivity contribution in [3.63, 3.8) is 0 Å². The summed E-state index contributed by atoms with van der Waals surface area (Å²) in [4.78, 5) is 80.1. The number of Topliss-reactive ketones (excluding diaryl/α,β-unsaturated/α-hetero) is 2. The summed E-state index contributed by atoms with van der Waals surface area (Å²) in [5.74, 6) is -6.23. The van der Waals surface area contributed by atoms with Crippen molar-refractivity contribution in [1.29, 1.82) is 0 Å². The number of unbranched alkanes of at least 4 members (excludes halogenated alkanes) is 1. The second kappa shape index (κ2) is 19.9. The van der Waals surface area contributed by atoms with Crippen LogP contribution in [0.2, 0.25) is 0 Å². The van der Waals surface area contributed by atoms with Crippen LogP contribution in [0.5, 0.6) is 0 Å². The van der Waals surface area contributed by atoms with Gasteiger partial charge < -0.3 is 43.0 Å². The number of esters is 2. The summed E-state index contributed by atoms with van der Waals surface area (Å²) in [5.41, 5.74) is -4.10. The van der Waals surface area contributed by atoms with Crippen molar-refractivity contribution in [3.05, 3.63) is 42.9 Å². The van der Waals surface area contributed by atoms with Crippen LogP contribution in [-0.4, -0.2) is 148 Å². The molecule has 4 heterocycles. The fourth-order valence-corrected chi connectivity index (χ4v) is 10.3. The Morgan fingerprint density at radius 3 is 2.25 bits per heavy atom. The third-order valence-electron chi connectivity index (χ3n) is 14.0. The number of hydrogen-bond donors (Lipinski definition) is 0. The molecule has 0 saturated carbocycles. The molecule has 1 aromatic heterocycles. The van der Waals surface area contributed by atoms with E-state index < -0.39 is 82.9 Å². The Balaban J connectivity index is 1.51. The number of cyclic esters (lactones) is 1. The van der Waals surface area contributed by atoms with E-state index in [0.717, 1.165) is 18.2 Å². The van der Waals surface area contributed by atoms with Gasteiger partial charge in [0, 0.05) is 63.7 Å². The fraction of sp³-hybridized carbons (Fsp3) is 0.702. The fourth-order valence-electron chi connectivity index (χ4n) is 10.3. The van der Waals surface area contributed by atoms with E-state index in [1.54, 1.807) is 52.9 Å². The molecule has 0 unspecified atom stereocenters. The first-order valence-corrected chi connectivity index (χ1v) is 22.3. The molecular formula is C47H70FN5O10. The van der Waals surface area contributed by atoms with E-state index in [2.05, 4.69) is 4.98 Å². The van der Waals surface area contributed by atoms with Crippen molar-refractivity contribution in [1.82, 2.24) is 24.3 Å². The zero-order chi connectivity index (χ0) is 46.8. The van der Waals surface area contributed by atoms with Crippen LogP contribution in [-0.2, 0) is 49.4 Å². The zero-order valence-electron chi connectivity index (χ0n) is 39.5. The Bertz CT molecular complexity index is 1940. The lowest BCUT2D eigenvalue weighted by Gasteiger charge is -2.48. The maximum absolute atomic E-state index is 17.2.